The molecule has 1 aromatic carbocycles. The fourth-order valence-electron chi connectivity index (χ4n) is 1.45. The summed E-state index contributed by atoms with van der Waals surface area (Å²) in [6.45, 7) is 5.53. The van der Waals surface area contributed by atoms with Crippen LogP contribution in [-0.4, -0.2) is 36.0 Å². The van der Waals surface area contributed by atoms with Gasteiger partial charge in [0.15, 0.2) is 0 Å². The Bertz CT molecular complexity index is 467. The molecule has 0 saturated carbocycles. The summed E-state index contributed by atoms with van der Waals surface area (Å²) in [5.74, 6) is 0. The second-order valence-corrected chi connectivity index (χ2v) is 5.36. The molecule has 5 nitrogen and oxygen atoms in total. The maximum absolute atomic E-state index is 10.9. The molecule has 0 radical (unpaired) electrons. The lowest BCUT2D eigenvalue weighted by atomic mass is 10.2. The third-order valence-electron chi connectivity index (χ3n) is 2.90. The van der Waals surface area contributed by atoms with Gasteiger partial charge in [-0.2, -0.15) is 0 Å². The zero-order chi connectivity index (χ0) is 14.6. The van der Waals surface area contributed by atoms with Gasteiger partial charge >= 0.3 is 0 Å². The Balaban J connectivity index is 2.77. The van der Waals surface area contributed by atoms with Crippen LogP contribution in [-0.2, 0) is 0 Å². The molecule has 1 aromatic rings. The number of nitro groups is 1. The van der Waals surface area contributed by atoms with Crippen molar-refractivity contribution in [1.82, 2.24) is 4.90 Å². The molecule has 0 aliphatic rings. The lowest BCUT2D eigenvalue weighted by Crippen LogP contribution is -2.31. The lowest BCUT2D eigenvalue weighted by molar-refractivity contribution is -0.383. The number of halogens is 2. The van der Waals surface area contributed by atoms with Crippen LogP contribution in [0.2, 0.25) is 10.0 Å². The molecule has 7 heteroatoms. The van der Waals surface area contributed by atoms with Gasteiger partial charge in [0, 0.05) is 25.2 Å². The topological polar surface area (TPSA) is 58.4 Å². The maximum atomic E-state index is 10.9. The van der Waals surface area contributed by atoms with Crippen molar-refractivity contribution < 1.29 is 4.92 Å². The van der Waals surface area contributed by atoms with Crippen LogP contribution in [0.5, 0.6) is 0 Å². The zero-order valence-corrected chi connectivity index (χ0v) is 12.6. The summed E-state index contributed by atoms with van der Waals surface area (Å²) in [5, 5.41) is 14.4. The number of nitrogens with one attached hydrogen (secondary N) is 1. The average Bonchev–Trinajstić information content (AvgIpc) is 2.32. The normalized spacial score (nSPS) is 11.1. The SMILES string of the molecule is CC(C)N(C)CCNc1cc(Cl)c(Cl)cc1[N+](=O)[O-]. The number of benzene rings is 1. The van der Waals surface area contributed by atoms with Crippen molar-refractivity contribution in [3.8, 4) is 0 Å². The number of nitro benzene ring substituents is 1. The van der Waals surface area contributed by atoms with E-state index in [4.69, 9.17) is 23.2 Å². The smallest absolute Gasteiger partial charge is 0.293 e. The van der Waals surface area contributed by atoms with E-state index in [9.17, 15) is 10.1 Å². The highest BCUT2D eigenvalue weighted by Crippen LogP contribution is 2.33. The molecule has 19 heavy (non-hydrogen) atoms. The molecule has 0 atom stereocenters. The third-order valence-corrected chi connectivity index (χ3v) is 3.62. The fourth-order valence-corrected chi connectivity index (χ4v) is 1.78. The highest BCUT2D eigenvalue weighted by atomic mass is 35.5. The van der Waals surface area contributed by atoms with E-state index in [0.717, 1.165) is 6.54 Å². The second kappa shape index (κ2) is 6.93. The minimum absolute atomic E-state index is 0.0680. The highest BCUT2D eigenvalue weighted by Gasteiger charge is 2.16. The minimum atomic E-state index is -0.475. The van der Waals surface area contributed by atoms with E-state index in [0.29, 0.717) is 23.3 Å². The summed E-state index contributed by atoms with van der Waals surface area (Å²) in [5.41, 5.74) is 0.318. The fraction of sp³-hybridized carbons (Fsp3) is 0.500. The van der Waals surface area contributed by atoms with Gasteiger partial charge in [0.25, 0.3) is 5.69 Å². The van der Waals surface area contributed by atoms with E-state index in [1.165, 1.54) is 12.1 Å². The molecule has 106 valence electrons. The van der Waals surface area contributed by atoms with Crippen molar-refractivity contribution in [3.63, 3.8) is 0 Å². The van der Waals surface area contributed by atoms with E-state index in [1.54, 1.807) is 0 Å². The summed E-state index contributed by atoms with van der Waals surface area (Å²) in [7, 11) is 2.00. The molecule has 0 saturated heterocycles. The Labute approximate surface area is 122 Å². The number of nitrogens with zero attached hydrogens (tertiary/aromatic N) is 2. The van der Waals surface area contributed by atoms with E-state index < -0.39 is 4.92 Å². The van der Waals surface area contributed by atoms with E-state index in [1.807, 2.05) is 7.05 Å². The first-order chi connectivity index (χ1) is 8.82. The summed E-state index contributed by atoms with van der Waals surface area (Å²) in [6, 6.07) is 3.17. The van der Waals surface area contributed by atoms with Crippen LogP contribution < -0.4 is 5.32 Å². The number of likely N-dealkylation sites (N-methyl/N-ethyl adjacent to an activating group) is 1. The van der Waals surface area contributed by atoms with Gasteiger partial charge < -0.3 is 10.2 Å². The minimum Gasteiger partial charge on any atom is -0.378 e. The molecule has 0 heterocycles. The monoisotopic (exact) mass is 305 g/mol. The molecule has 0 bridgehead atoms. The van der Waals surface area contributed by atoms with Crippen molar-refractivity contribution in [2.45, 2.75) is 19.9 Å². The average molecular weight is 306 g/mol. The van der Waals surface area contributed by atoms with Gasteiger partial charge in [-0.25, -0.2) is 0 Å². The van der Waals surface area contributed by atoms with E-state index in [-0.39, 0.29) is 10.7 Å². The molecule has 0 amide bonds. The van der Waals surface area contributed by atoms with Crippen molar-refractivity contribution in [2.24, 2.45) is 0 Å². The summed E-state index contributed by atoms with van der Waals surface area (Å²) >= 11 is 11.7. The third kappa shape index (κ3) is 4.53. The summed E-state index contributed by atoms with van der Waals surface area (Å²) in [6.07, 6.45) is 0. The maximum Gasteiger partial charge on any atom is 0.293 e. The predicted octanol–water partition coefficient (Wildman–Crippen LogP) is 3.65. The summed E-state index contributed by atoms with van der Waals surface area (Å²) in [4.78, 5) is 12.6. The van der Waals surface area contributed by atoms with Gasteiger partial charge in [0.1, 0.15) is 5.69 Å². The van der Waals surface area contributed by atoms with Gasteiger partial charge in [0.2, 0.25) is 0 Å². The Morgan fingerprint density at radius 3 is 2.47 bits per heavy atom. The van der Waals surface area contributed by atoms with Crippen LogP contribution in [0.4, 0.5) is 11.4 Å². The van der Waals surface area contributed by atoms with Crippen LogP contribution in [0.25, 0.3) is 0 Å². The molecule has 1 N–H and O–H groups in total. The second-order valence-electron chi connectivity index (χ2n) is 4.54. The predicted molar refractivity (Wildman–Crippen MR) is 79.4 cm³/mol. The van der Waals surface area contributed by atoms with Gasteiger partial charge in [-0.1, -0.05) is 23.2 Å². The quantitative estimate of drug-likeness (QED) is 0.644. The standard InChI is InChI=1S/C12H17Cl2N3O2/c1-8(2)16(3)5-4-15-11-6-9(13)10(14)7-12(11)17(18)19/h6-8,15H,4-5H2,1-3H3. The van der Waals surface area contributed by atoms with Crippen molar-refractivity contribution in [2.75, 3.05) is 25.5 Å². The molecule has 0 unspecified atom stereocenters. The molecule has 0 fully saturated rings. The van der Waals surface area contributed by atoms with Gasteiger partial charge in [-0.05, 0) is 27.0 Å². The molecular weight excluding hydrogens is 289 g/mol. The molecule has 0 aliphatic heterocycles. The number of hydrogen-bond acceptors (Lipinski definition) is 4. The Morgan fingerprint density at radius 2 is 1.95 bits per heavy atom. The number of hydrogen-bond donors (Lipinski definition) is 1. The van der Waals surface area contributed by atoms with Gasteiger partial charge in [-0.3, -0.25) is 10.1 Å². The first kappa shape index (κ1) is 16.0. The van der Waals surface area contributed by atoms with E-state index in [2.05, 4.69) is 24.1 Å². The first-order valence-corrected chi connectivity index (χ1v) is 6.66. The Morgan fingerprint density at radius 1 is 1.37 bits per heavy atom. The van der Waals surface area contributed by atoms with Gasteiger partial charge in [-0.15, -0.1) is 0 Å². The zero-order valence-electron chi connectivity index (χ0n) is 11.1. The number of anilines is 1. The van der Waals surface area contributed by atoms with Crippen molar-refractivity contribution in [3.05, 3.63) is 32.3 Å². The highest BCUT2D eigenvalue weighted by molar-refractivity contribution is 6.42. The molecule has 0 aliphatic carbocycles. The van der Waals surface area contributed by atoms with Crippen molar-refractivity contribution >= 4 is 34.6 Å². The molecule has 0 spiro atoms. The van der Waals surface area contributed by atoms with Crippen LogP contribution in [0.3, 0.4) is 0 Å². The van der Waals surface area contributed by atoms with Crippen LogP contribution in [0.15, 0.2) is 12.1 Å². The van der Waals surface area contributed by atoms with Crippen LogP contribution in [0.1, 0.15) is 13.8 Å². The Hall–Kier alpha value is -1.04. The summed E-state index contributed by atoms with van der Waals surface area (Å²) < 4.78 is 0. The Kier molecular flexibility index (Phi) is 5.85. The number of rotatable bonds is 6. The molecular formula is C12H17Cl2N3O2. The van der Waals surface area contributed by atoms with E-state index >= 15 is 0 Å². The largest absolute Gasteiger partial charge is 0.378 e. The van der Waals surface area contributed by atoms with Crippen LogP contribution in [0, 0.1) is 10.1 Å². The molecule has 0 aromatic heterocycles. The first-order valence-electron chi connectivity index (χ1n) is 5.90. The van der Waals surface area contributed by atoms with Crippen LogP contribution >= 0.6 is 23.2 Å². The molecule has 1 rings (SSSR count). The van der Waals surface area contributed by atoms with Gasteiger partial charge in [0.05, 0.1) is 15.0 Å². The lowest BCUT2D eigenvalue weighted by Gasteiger charge is -2.21. The van der Waals surface area contributed by atoms with Crippen molar-refractivity contribution in [1.29, 1.82) is 0 Å².